The lowest BCUT2D eigenvalue weighted by Gasteiger charge is -2.27. The first-order chi connectivity index (χ1) is 7.97. The van der Waals surface area contributed by atoms with Gasteiger partial charge in [-0.15, -0.1) is 0 Å². The lowest BCUT2D eigenvalue weighted by atomic mass is 9.99. The Bertz CT molecular complexity index is 449. The second kappa shape index (κ2) is 4.52. The number of rotatable bonds is 3. The molecule has 17 heavy (non-hydrogen) atoms. The van der Waals surface area contributed by atoms with Crippen molar-refractivity contribution in [1.29, 1.82) is 0 Å². The number of halogens is 3. The number of hydrogen-bond donors (Lipinski definition) is 1. The zero-order chi connectivity index (χ0) is 12.5. The van der Waals surface area contributed by atoms with Crippen LogP contribution in [0.15, 0.2) is 23.1 Å². The van der Waals surface area contributed by atoms with E-state index in [1.807, 2.05) is 0 Å². The second-order valence-electron chi connectivity index (χ2n) is 4.26. The molecule has 0 unspecified atom stereocenters. The maximum Gasteiger partial charge on any atom is 0.417 e. The molecule has 2 heterocycles. The number of hydrogen-bond acceptors (Lipinski definition) is 2. The third kappa shape index (κ3) is 2.88. The van der Waals surface area contributed by atoms with Crippen molar-refractivity contribution in [2.24, 2.45) is 5.92 Å². The Balaban J connectivity index is 2.11. The quantitative estimate of drug-likeness (QED) is 0.876. The molecule has 1 saturated heterocycles. The highest BCUT2D eigenvalue weighted by Gasteiger charge is 2.31. The fourth-order valence-electron chi connectivity index (χ4n) is 1.75. The number of nitrogens with zero attached hydrogens (tertiary/aromatic N) is 1. The molecule has 1 fully saturated rings. The molecule has 6 heteroatoms. The lowest BCUT2D eigenvalue weighted by molar-refractivity contribution is -0.138. The van der Waals surface area contributed by atoms with Gasteiger partial charge in [-0.2, -0.15) is 13.2 Å². The van der Waals surface area contributed by atoms with E-state index in [4.69, 9.17) is 0 Å². The van der Waals surface area contributed by atoms with Gasteiger partial charge < -0.3 is 9.88 Å². The van der Waals surface area contributed by atoms with Crippen molar-refractivity contribution in [2.45, 2.75) is 19.1 Å². The van der Waals surface area contributed by atoms with Crippen LogP contribution in [0.5, 0.6) is 0 Å². The Kier molecular flexibility index (Phi) is 3.24. The van der Waals surface area contributed by atoms with Crippen molar-refractivity contribution in [3.8, 4) is 0 Å². The first-order valence-corrected chi connectivity index (χ1v) is 5.45. The lowest BCUT2D eigenvalue weighted by Crippen LogP contribution is -2.42. The van der Waals surface area contributed by atoms with Crippen LogP contribution in [0.4, 0.5) is 13.2 Å². The molecule has 1 aliphatic heterocycles. The summed E-state index contributed by atoms with van der Waals surface area (Å²) < 4.78 is 38.5. The van der Waals surface area contributed by atoms with E-state index in [9.17, 15) is 18.0 Å². The molecule has 0 bridgehead atoms. The molecule has 3 nitrogen and oxygen atoms in total. The summed E-state index contributed by atoms with van der Waals surface area (Å²) in [6, 6.07) is 1.80. The number of alkyl halides is 3. The van der Waals surface area contributed by atoms with Crippen molar-refractivity contribution in [1.82, 2.24) is 9.88 Å². The van der Waals surface area contributed by atoms with E-state index in [1.54, 1.807) is 0 Å². The van der Waals surface area contributed by atoms with Crippen molar-refractivity contribution >= 4 is 0 Å². The van der Waals surface area contributed by atoms with Gasteiger partial charge in [-0.25, -0.2) is 0 Å². The molecule has 0 amide bonds. The van der Waals surface area contributed by atoms with Gasteiger partial charge in [-0.3, -0.25) is 4.79 Å². The molecule has 1 aromatic rings. The minimum absolute atomic E-state index is 0.342. The monoisotopic (exact) mass is 246 g/mol. The van der Waals surface area contributed by atoms with Gasteiger partial charge in [0.15, 0.2) is 0 Å². The summed E-state index contributed by atoms with van der Waals surface area (Å²) in [5.41, 5.74) is -1.16. The number of aryl methyl sites for hydroxylation is 1. The van der Waals surface area contributed by atoms with Gasteiger partial charge in [0.1, 0.15) is 0 Å². The number of nitrogens with one attached hydrogen (secondary N) is 1. The summed E-state index contributed by atoms with van der Waals surface area (Å²) in [6.07, 6.45) is -2.77. The van der Waals surface area contributed by atoms with Crippen LogP contribution in [0.3, 0.4) is 0 Å². The first-order valence-electron chi connectivity index (χ1n) is 5.45. The molecular weight excluding hydrogens is 233 g/mol. The summed E-state index contributed by atoms with van der Waals surface area (Å²) in [6.45, 7) is 2.11. The molecular formula is C11H13F3N2O. The Hall–Kier alpha value is -1.30. The van der Waals surface area contributed by atoms with Crippen molar-refractivity contribution in [3.63, 3.8) is 0 Å². The number of pyridine rings is 1. The van der Waals surface area contributed by atoms with Crippen molar-refractivity contribution < 1.29 is 13.2 Å². The molecule has 1 aromatic heterocycles. The predicted octanol–water partition coefficient (Wildman–Crippen LogP) is 1.48. The number of aromatic nitrogens is 1. The van der Waals surface area contributed by atoms with Crippen LogP contribution in [-0.4, -0.2) is 17.7 Å². The normalized spacial score (nSPS) is 16.9. The molecule has 94 valence electrons. The average Bonchev–Trinajstić information content (AvgIpc) is 2.16. The van der Waals surface area contributed by atoms with Crippen LogP contribution < -0.4 is 10.9 Å². The van der Waals surface area contributed by atoms with E-state index in [-0.39, 0.29) is 5.56 Å². The molecule has 0 aliphatic carbocycles. The summed E-state index contributed by atoms with van der Waals surface area (Å²) in [5, 5.41) is 3.08. The van der Waals surface area contributed by atoms with Crippen LogP contribution in [-0.2, 0) is 12.7 Å². The highest BCUT2D eigenvalue weighted by atomic mass is 19.4. The van der Waals surface area contributed by atoms with E-state index in [2.05, 4.69) is 5.32 Å². The third-order valence-corrected chi connectivity index (χ3v) is 2.96. The molecule has 1 N–H and O–H groups in total. The third-order valence-electron chi connectivity index (χ3n) is 2.96. The molecule has 0 aromatic carbocycles. The maximum atomic E-state index is 12.5. The van der Waals surface area contributed by atoms with E-state index in [0.717, 1.165) is 42.4 Å². The van der Waals surface area contributed by atoms with Crippen LogP contribution in [0.2, 0.25) is 0 Å². The van der Waals surface area contributed by atoms with Gasteiger partial charge in [-0.05, 0) is 31.5 Å². The summed E-state index contributed by atoms with van der Waals surface area (Å²) in [4.78, 5) is 11.4. The van der Waals surface area contributed by atoms with Gasteiger partial charge >= 0.3 is 6.18 Å². The van der Waals surface area contributed by atoms with E-state index < -0.39 is 11.7 Å². The van der Waals surface area contributed by atoms with Gasteiger partial charge in [0.05, 0.1) is 5.56 Å². The van der Waals surface area contributed by atoms with Gasteiger partial charge in [0.25, 0.3) is 5.56 Å². The molecule has 1 aliphatic rings. The van der Waals surface area contributed by atoms with Crippen LogP contribution in [0, 0.1) is 5.92 Å². The summed E-state index contributed by atoms with van der Waals surface area (Å²) >= 11 is 0. The first kappa shape index (κ1) is 12.2. The molecule has 0 atom stereocenters. The smallest absolute Gasteiger partial charge is 0.316 e. The average molecular weight is 246 g/mol. The van der Waals surface area contributed by atoms with Gasteiger partial charge in [-0.1, -0.05) is 0 Å². The fourth-order valence-corrected chi connectivity index (χ4v) is 1.75. The highest BCUT2D eigenvalue weighted by Crippen LogP contribution is 2.28. The minimum Gasteiger partial charge on any atom is -0.316 e. The van der Waals surface area contributed by atoms with Gasteiger partial charge in [0, 0.05) is 18.8 Å². The summed E-state index contributed by atoms with van der Waals surface area (Å²) in [7, 11) is 0. The van der Waals surface area contributed by atoms with Crippen molar-refractivity contribution in [3.05, 3.63) is 34.2 Å². The van der Waals surface area contributed by atoms with E-state index in [1.165, 1.54) is 0 Å². The van der Waals surface area contributed by atoms with E-state index >= 15 is 0 Å². The maximum absolute atomic E-state index is 12.5. The largest absolute Gasteiger partial charge is 0.417 e. The topological polar surface area (TPSA) is 34.0 Å². The second-order valence-corrected chi connectivity index (χ2v) is 4.26. The Morgan fingerprint density at radius 3 is 2.59 bits per heavy atom. The minimum atomic E-state index is -4.40. The molecule has 0 saturated carbocycles. The standard InChI is InChI=1S/C11H13F3N2O/c12-11(13,14)9-1-2-10(17)16(7-9)4-3-8-5-15-6-8/h1-2,7-8,15H,3-6H2. The molecule has 2 rings (SSSR count). The Morgan fingerprint density at radius 1 is 1.35 bits per heavy atom. The van der Waals surface area contributed by atoms with E-state index in [0.29, 0.717) is 12.5 Å². The van der Waals surface area contributed by atoms with Crippen LogP contribution >= 0.6 is 0 Å². The molecule has 0 radical (unpaired) electrons. The Morgan fingerprint density at radius 2 is 2.06 bits per heavy atom. The molecule has 0 spiro atoms. The zero-order valence-corrected chi connectivity index (χ0v) is 9.13. The highest BCUT2D eigenvalue weighted by molar-refractivity contribution is 5.13. The van der Waals surface area contributed by atoms with Crippen LogP contribution in [0.25, 0.3) is 0 Å². The zero-order valence-electron chi connectivity index (χ0n) is 9.13. The van der Waals surface area contributed by atoms with Gasteiger partial charge in [0.2, 0.25) is 0 Å². The fraction of sp³-hybridized carbons (Fsp3) is 0.545. The summed E-state index contributed by atoms with van der Waals surface area (Å²) in [5.74, 6) is 0.469. The van der Waals surface area contributed by atoms with Crippen molar-refractivity contribution in [2.75, 3.05) is 13.1 Å². The van der Waals surface area contributed by atoms with Crippen LogP contribution in [0.1, 0.15) is 12.0 Å². The Labute approximate surface area is 96.3 Å². The predicted molar refractivity (Wildman–Crippen MR) is 56.7 cm³/mol. The SMILES string of the molecule is O=c1ccc(C(F)(F)F)cn1CCC1CNC1.